The van der Waals surface area contributed by atoms with Crippen molar-refractivity contribution < 1.29 is 47.7 Å². The van der Waals surface area contributed by atoms with Crippen LogP contribution >= 0.6 is 11.3 Å². The monoisotopic (exact) mass is 328 g/mol. The number of amides is 1. The lowest BCUT2D eigenvalue weighted by atomic mass is 10.3. The van der Waals surface area contributed by atoms with Crippen LogP contribution in [0.4, 0.5) is 42.9 Å². The number of nitrogens with one attached hydrogen (secondary N) is 2. The number of carbonyl (C=O) groups excluding carboxylic acids is 1. The van der Waals surface area contributed by atoms with Crippen LogP contribution in [0.15, 0.2) is 0 Å². The van der Waals surface area contributed by atoms with E-state index in [1.807, 2.05) is 0 Å². The van der Waals surface area contributed by atoms with Crippen molar-refractivity contribution in [1.29, 1.82) is 0 Å². The highest BCUT2D eigenvalue weighted by Crippen LogP contribution is 2.35. The van der Waals surface area contributed by atoms with Crippen LogP contribution in [-0.4, -0.2) is 29.2 Å². The van der Waals surface area contributed by atoms with Crippen molar-refractivity contribution in [2.45, 2.75) is 18.3 Å². The number of rotatable bonds is 1. The third kappa shape index (κ3) is 4.52. The number of hydrazine groups is 1. The van der Waals surface area contributed by atoms with Crippen molar-refractivity contribution in [3.63, 3.8) is 0 Å². The molecule has 3 nitrogen and oxygen atoms in total. The summed E-state index contributed by atoms with van der Waals surface area (Å²) in [6.07, 6.45) is -12.1. The van der Waals surface area contributed by atoms with Crippen molar-refractivity contribution in [2.24, 2.45) is 0 Å². The van der Waals surface area contributed by atoms with Gasteiger partial charge in [-0.3, -0.25) is 10.2 Å². The zero-order valence-electron chi connectivity index (χ0n) is 8.10. The Morgan fingerprint density at radius 1 is 0.842 bits per heavy atom. The first-order chi connectivity index (χ1) is 8.21. The summed E-state index contributed by atoms with van der Waals surface area (Å²) in [6.45, 7) is 0. The Morgan fingerprint density at radius 3 is 1.53 bits per heavy atom. The standard InChI is InChI=1S/C5H2F10N2OS/c6-3(7,5(11,12)13)1(18)16-17-2(19(14)15)4(8,9)10/h17H,(H,16,18). The van der Waals surface area contributed by atoms with E-state index >= 15 is 0 Å². The average molecular weight is 328 g/mol. The highest BCUT2D eigenvalue weighted by atomic mass is 32.2. The van der Waals surface area contributed by atoms with Crippen LogP contribution in [0.5, 0.6) is 0 Å². The van der Waals surface area contributed by atoms with E-state index in [4.69, 9.17) is 0 Å². The van der Waals surface area contributed by atoms with Gasteiger partial charge in [0.15, 0.2) is 11.3 Å². The van der Waals surface area contributed by atoms with Crippen molar-refractivity contribution in [2.75, 3.05) is 0 Å². The van der Waals surface area contributed by atoms with Crippen LogP contribution in [0.3, 0.4) is 0 Å². The fraction of sp³-hybridized carbons (Fsp3) is 0.600. The number of hydrogen-bond donors (Lipinski definition) is 2. The van der Waals surface area contributed by atoms with Gasteiger partial charge >= 0.3 is 24.2 Å². The van der Waals surface area contributed by atoms with Crippen LogP contribution in [0.1, 0.15) is 0 Å². The summed E-state index contributed by atoms with van der Waals surface area (Å²) >= 11 is -4.55. The van der Waals surface area contributed by atoms with Crippen molar-refractivity contribution >= 4 is 22.2 Å². The minimum absolute atomic E-state index is 0.228. The quantitative estimate of drug-likeness (QED) is 0.441. The maximum atomic E-state index is 12.2. The van der Waals surface area contributed by atoms with Gasteiger partial charge in [0, 0.05) is 0 Å². The van der Waals surface area contributed by atoms with Crippen molar-refractivity contribution in [1.82, 2.24) is 10.9 Å². The van der Waals surface area contributed by atoms with Crippen LogP contribution < -0.4 is 10.9 Å². The smallest absolute Gasteiger partial charge is 0.281 e. The Kier molecular flexibility index (Phi) is 5.21. The fourth-order valence-electron chi connectivity index (χ4n) is 0.518. The Hall–Kier alpha value is -1.05. The largest absolute Gasteiger partial charge is 0.463 e. The van der Waals surface area contributed by atoms with Gasteiger partial charge in [0.2, 0.25) is 4.99 Å². The van der Waals surface area contributed by atoms with E-state index in [0.717, 1.165) is 0 Å². The van der Waals surface area contributed by atoms with Gasteiger partial charge in [-0.1, -0.05) is 0 Å². The van der Waals surface area contributed by atoms with Gasteiger partial charge in [-0.05, 0) is 0 Å². The number of carbonyl (C=O) groups is 1. The molecular weight excluding hydrogens is 326 g/mol. The molecule has 0 bridgehead atoms. The van der Waals surface area contributed by atoms with Crippen LogP contribution in [0.2, 0.25) is 0 Å². The first-order valence-electron chi connectivity index (χ1n) is 3.73. The molecule has 0 unspecified atom stereocenters. The van der Waals surface area contributed by atoms with Crippen LogP contribution in [0.25, 0.3) is 0 Å². The molecule has 2 N–H and O–H groups in total. The average Bonchev–Trinajstić information content (AvgIpc) is 2.12. The molecule has 0 aromatic rings. The summed E-state index contributed by atoms with van der Waals surface area (Å²) in [5, 5.41) is 0. The van der Waals surface area contributed by atoms with E-state index in [1.54, 1.807) is 0 Å². The maximum Gasteiger partial charge on any atom is 0.463 e. The molecule has 0 spiro atoms. The van der Waals surface area contributed by atoms with Gasteiger partial charge in [0.05, 0.1) is 0 Å². The Morgan fingerprint density at radius 2 is 1.26 bits per heavy atom. The van der Waals surface area contributed by atoms with Gasteiger partial charge in [-0.2, -0.15) is 40.5 Å². The Bertz CT molecular complexity index is 380. The number of alkyl halides is 8. The topological polar surface area (TPSA) is 41.1 Å². The second kappa shape index (κ2) is 5.52. The molecule has 114 valence electrons. The van der Waals surface area contributed by atoms with Gasteiger partial charge in [-0.25, -0.2) is 0 Å². The first-order valence-corrected chi connectivity index (χ1v) is 4.75. The molecule has 0 fully saturated rings. The van der Waals surface area contributed by atoms with E-state index < -0.39 is 40.4 Å². The molecule has 19 heavy (non-hydrogen) atoms. The van der Waals surface area contributed by atoms with Gasteiger partial charge in [0.1, 0.15) is 0 Å². The SMILES string of the molecule is O=C(NNC(=S(F)F)C(F)(F)F)C(F)(F)C(F)(F)F. The second-order valence-electron chi connectivity index (χ2n) is 2.69. The third-order valence-electron chi connectivity index (χ3n) is 1.34. The molecule has 14 heteroatoms. The molecule has 0 saturated heterocycles. The second-order valence-corrected chi connectivity index (χ2v) is 3.52. The Balaban J connectivity index is 4.94. The van der Waals surface area contributed by atoms with E-state index in [2.05, 4.69) is 0 Å². The molecule has 0 radical (unpaired) electrons. The molecule has 0 rings (SSSR count). The minimum atomic E-state index is -6.38. The summed E-state index contributed by atoms with van der Waals surface area (Å²) in [5.74, 6) is -9.30. The normalized spacial score (nSPS) is 13.6. The molecule has 0 aliphatic carbocycles. The minimum Gasteiger partial charge on any atom is -0.281 e. The summed E-state index contributed by atoms with van der Waals surface area (Å²) in [7, 11) is 0. The number of halogens is 10. The fourth-order valence-corrected chi connectivity index (χ4v) is 0.821. The predicted molar refractivity (Wildman–Crippen MR) is 43.1 cm³/mol. The lowest BCUT2D eigenvalue weighted by Crippen LogP contribution is -2.57. The summed E-state index contributed by atoms with van der Waals surface area (Å²) in [4.78, 5) is 7.44. The zero-order valence-corrected chi connectivity index (χ0v) is 8.91. The summed E-state index contributed by atoms with van der Waals surface area (Å²) in [5.41, 5.74) is 0.540. The van der Waals surface area contributed by atoms with Gasteiger partial charge < -0.3 is 0 Å². The lowest BCUT2D eigenvalue weighted by Gasteiger charge is -2.19. The zero-order chi connectivity index (χ0) is 15.6. The highest BCUT2D eigenvalue weighted by molar-refractivity contribution is 8.07. The first kappa shape index (κ1) is 17.9. The predicted octanol–water partition coefficient (Wildman–Crippen LogP) is 2.53. The van der Waals surface area contributed by atoms with E-state index in [-0.39, 0.29) is 5.43 Å². The van der Waals surface area contributed by atoms with Crippen molar-refractivity contribution in [3.05, 3.63) is 0 Å². The van der Waals surface area contributed by atoms with E-state index in [9.17, 15) is 47.7 Å². The molecular formula is C5H2F10N2OS. The van der Waals surface area contributed by atoms with E-state index in [0.29, 0.717) is 5.43 Å². The molecule has 0 atom stereocenters. The molecule has 0 aliphatic heterocycles. The highest BCUT2D eigenvalue weighted by Gasteiger charge is 2.63. The van der Waals surface area contributed by atoms with Crippen molar-refractivity contribution in [3.8, 4) is 0 Å². The van der Waals surface area contributed by atoms with Crippen LogP contribution in [0, 0.1) is 0 Å². The third-order valence-corrected chi connectivity index (χ3v) is 1.98. The molecule has 0 saturated carbocycles. The summed E-state index contributed by atoms with van der Waals surface area (Å²) < 4.78 is 118. The molecule has 0 aromatic carbocycles. The lowest BCUT2D eigenvalue weighted by molar-refractivity contribution is -0.270. The van der Waals surface area contributed by atoms with Gasteiger partial charge in [0.25, 0.3) is 0 Å². The Labute approximate surface area is 100.0 Å². The van der Waals surface area contributed by atoms with Crippen LogP contribution in [-0.2, 0) is 4.79 Å². The van der Waals surface area contributed by atoms with E-state index in [1.165, 1.54) is 0 Å². The maximum absolute atomic E-state index is 12.2. The van der Waals surface area contributed by atoms with Gasteiger partial charge in [-0.15, -0.1) is 7.77 Å². The number of hydrogen-bond acceptors (Lipinski definition) is 1. The molecule has 0 aliphatic rings. The molecule has 0 aromatic heterocycles. The molecule has 1 amide bonds. The molecule has 0 heterocycles. The summed E-state index contributed by atoms with van der Waals surface area (Å²) in [6, 6.07) is 0.